The Morgan fingerprint density at radius 3 is 1.74 bits per heavy atom. The molecule has 0 unspecified atom stereocenters. The van der Waals surface area contributed by atoms with E-state index in [-0.39, 0.29) is 13.6 Å². The van der Waals surface area contributed by atoms with Gasteiger partial charge in [-0.15, -0.1) is 6.42 Å². The third-order valence-corrected chi connectivity index (χ3v) is 1.57. The van der Waals surface area contributed by atoms with Crippen LogP contribution in [-0.2, 0) is 19.1 Å². The van der Waals surface area contributed by atoms with Crippen LogP contribution in [0.4, 0.5) is 4.79 Å². The molecule has 6 heteroatoms. The molecule has 1 aliphatic rings. The molecule has 0 aliphatic carbocycles. The van der Waals surface area contributed by atoms with Gasteiger partial charge in [0.25, 0.3) is 0 Å². The Balaban J connectivity index is -0.000000226. The normalized spacial score (nSPS) is 14.7. The topological polar surface area (TPSA) is 89.9 Å². The van der Waals surface area contributed by atoms with E-state index in [4.69, 9.17) is 25.9 Å². The number of rotatable bonds is 0. The van der Waals surface area contributed by atoms with Gasteiger partial charge in [-0.05, 0) is 27.7 Å². The molecule has 0 saturated carbocycles. The average molecular weight is 272 g/mol. The summed E-state index contributed by atoms with van der Waals surface area (Å²) in [4.78, 5) is 26.6. The van der Waals surface area contributed by atoms with Crippen LogP contribution in [0.1, 0.15) is 35.1 Å². The predicted octanol–water partition coefficient (Wildman–Crippen LogP) is 1.89. The van der Waals surface area contributed by atoms with Crippen molar-refractivity contribution in [1.82, 2.24) is 0 Å². The Labute approximate surface area is 113 Å². The highest BCUT2D eigenvalue weighted by molar-refractivity contribution is 5.65. The maximum Gasteiger partial charge on any atom is 0.514 e. The molecule has 19 heavy (non-hydrogen) atoms. The molecular weight excluding hydrogens is 252 g/mol. The van der Waals surface area contributed by atoms with Crippen LogP contribution in [0.2, 0.25) is 0 Å². The van der Waals surface area contributed by atoms with Crippen LogP contribution < -0.4 is 0 Å². The van der Waals surface area contributed by atoms with E-state index in [2.05, 4.69) is 17.2 Å². The molecule has 0 amide bonds. The summed E-state index contributed by atoms with van der Waals surface area (Å²) >= 11 is 0. The van der Waals surface area contributed by atoms with Crippen molar-refractivity contribution in [2.24, 2.45) is 0 Å². The van der Waals surface area contributed by atoms with E-state index in [9.17, 15) is 4.79 Å². The fourth-order valence-electron chi connectivity index (χ4n) is 0.510. The average Bonchev–Trinajstić information content (AvgIpc) is 2.39. The molecule has 108 valence electrons. The highest BCUT2D eigenvalue weighted by Crippen LogP contribution is 2.27. The van der Waals surface area contributed by atoms with Crippen LogP contribution in [-0.4, -0.2) is 28.6 Å². The van der Waals surface area contributed by atoms with Crippen molar-refractivity contribution in [1.29, 1.82) is 0 Å². The summed E-state index contributed by atoms with van der Waals surface area (Å²) in [6.45, 7) is 10.1. The second-order valence-electron chi connectivity index (χ2n) is 4.17. The number of ether oxygens (including phenoxy) is 2. The molecule has 1 rings (SSSR count). The van der Waals surface area contributed by atoms with Gasteiger partial charge in [0.2, 0.25) is 0 Å². The smallest absolute Gasteiger partial charge is 0.420 e. The van der Waals surface area contributed by atoms with Gasteiger partial charge in [0.1, 0.15) is 11.4 Å². The van der Waals surface area contributed by atoms with Gasteiger partial charge in [0.15, 0.2) is 5.60 Å². The third kappa shape index (κ3) is 12.2. The number of hydrogen-bond donors (Lipinski definition) is 1. The molecule has 0 atom stereocenters. The minimum atomic E-state index is -0.931. The van der Waals surface area contributed by atoms with Crippen molar-refractivity contribution < 1.29 is 29.0 Å². The summed E-state index contributed by atoms with van der Waals surface area (Å²) in [7, 11) is 0. The number of carbonyl (C=O) groups excluding carboxylic acids is 3. The van der Waals surface area contributed by atoms with Crippen LogP contribution >= 0.6 is 0 Å². The first-order valence-corrected chi connectivity index (χ1v) is 4.79. The van der Waals surface area contributed by atoms with Crippen molar-refractivity contribution in [3.63, 3.8) is 0 Å². The van der Waals surface area contributed by atoms with Gasteiger partial charge < -0.3 is 14.6 Å². The summed E-state index contributed by atoms with van der Waals surface area (Å²) in [6.07, 6.45) is 4.39. The van der Waals surface area contributed by atoms with Crippen LogP contribution in [0.25, 0.3) is 0 Å². The van der Waals surface area contributed by atoms with Crippen LogP contribution in [0, 0.1) is 12.3 Å². The van der Waals surface area contributed by atoms with Crippen molar-refractivity contribution in [2.75, 3.05) is 0 Å². The van der Waals surface area contributed by atoms with Crippen molar-refractivity contribution in [3.8, 4) is 12.3 Å². The summed E-state index contributed by atoms with van der Waals surface area (Å²) in [5.41, 5.74) is -1.57. The molecule has 0 spiro atoms. The summed E-state index contributed by atoms with van der Waals surface area (Å²) in [6, 6.07) is 0. The molecule has 0 aromatic carbocycles. The monoisotopic (exact) mass is 272 g/mol. The lowest BCUT2D eigenvalue weighted by Gasteiger charge is -2.11. The van der Waals surface area contributed by atoms with Crippen molar-refractivity contribution in [3.05, 3.63) is 12.3 Å². The Morgan fingerprint density at radius 2 is 1.68 bits per heavy atom. The summed E-state index contributed by atoms with van der Waals surface area (Å²) in [5, 5.41) is 8.59. The zero-order valence-electron chi connectivity index (χ0n) is 10.8. The highest BCUT2D eigenvalue weighted by atomic mass is 16.8. The minimum Gasteiger partial charge on any atom is -0.420 e. The maximum absolute atomic E-state index is 10.4. The lowest BCUT2D eigenvalue weighted by Crippen LogP contribution is -2.19. The first-order valence-electron chi connectivity index (χ1n) is 4.79. The van der Waals surface area contributed by atoms with Crippen molar-refractivity contribution >= 4 is 12.3 Å². The standard InChI is InChI=1S/C6H8O3.C5H8O.CO2.CH4/c1-4-6(2,3)9-5(7)8-4;1-4-5(2,3)6;2-1-3;/h1H2,2-3H3;1,6H,2-3H3;;1H4. The van der Waals surface area contributed by atoms with Gasteiger partial charge in [-0.3, -0.25) is 0 Å². The Hall–Kier alpha value is -2.09. The van der Waals surface area contributed by atoms with Crippen LogP contribution in [0.15, 0.2) is 12.3 Å². The van der Waals surface area contributed by atoms with Crippen molar-refractivity contribution in [2.45, 2.75) is 46.3 Å². The zero-order valence-corrected chi connectivity index (χ0v) is 10.8. The first-order chi connectivity index (χ1) is 8.00. The van der Waals surface area contributed by atoms with Gasteiger partial charge in [-0.1, -0.05) is 19.9 Å². The van der Waals surface area contributed by atoms with E-state index in [1.807, 2.05) is 0 Å². The maximum atomic E-state index is 10.4. The van der Waals surface area contributed by atoms with E-state index in [0.717, 1.165) is 0 Å². The second-order valence-corrected chi connectivity index (χ2v) is 4.17. The Morgan fingerprint density at radius 1 is 1.37 bits per heavy atom. The molecule has 0 aromatic heterocycles. The molecular formula is C13H20O6. The number of cyclic esters (lactones) is 2. The highest BCUT2D eigenvalue weighted by Gasteiger charge is 2.37. The van der Waals surface area contributed by atoms with E-state index >= 15 is 0 Å². The quantitative estimate of drug-likeness (QED) is 0.535. The Kier molecular flexibility index (Phi) is 10.4. The van der Waals surface area contributed by atoms with Gasteiger partial charge in [-0.25, -0.2) is 4.79 Å². The number of terminal acetylenes is 1. The van der Waals surface area contributed by atoms with E-state index in [1.54, 1.807) is 27.7 Å². The van der Waals surface area contributed by atoms with E-state index in [1.165, 1.54) is 0 Å². The first kappa shape index (κ1) is 22.1. The summed E-state index contributed by atoms with van der Waals surface area (Å²) in [5.74, 6) is 2.53. The largest absolute Gasteiger partial charge is 0.514 e. The predicted molar refractivity (Wildman–Crippen MR) is 67.7 cm³/mol. The van der Waals surface area contributed by atoms with E-state index in [0.29, 0.717) is 5.76 Å². The Bertz CT molecular complexity index is 375. The fourth-order valence-corrected chi connectivity index (χ4v) is 0.510. The lowest BCUT2D eigenvalue weighted by atomic mass is 10.1. The number of aliphatic hydroxyl groups is 1. The van der Waals surface area contributed by atoms with Gasteiger partial charge >= 0.3 is 12.3 Å². The van der Waals surface area contributed by atoms with E-state index < -0.39 is 17.4 Å². The number of carbonyl (C=O) groups is 1. The van der Waals surface area contributed by atoms with Crippen LogP contribution in [0.5, 0.6) is 0 Å². The minimum absolute atomic E-state index is 0. The molecule has 0 aromatic rings. The van der Waals surface area contributed by atoms with Gasteiger partial charge in [0.05, 0.1) is 0 Å². The molecule has 1 fully saturated rings. The second kappa shape index (κ2) is 8.92. The molecule has 1 heterocycles. The zero-order chi connectivity index (χ0) is 15.0. The molecule has 1 N–H and O–H groups in total. The number of hydrogen-bond acceptors (Lipinski definition) is 6. The van der Waals surface area contributed by atoms with Gasteiger partial charge in [0, 0.05) is 0 Å². The molecule has 0 radical (unpaired) electrons. The summed E-state index contributed by atoms with van der Waals surface area (Å²) < 4.78 is 9.22. The molecule has 1 saturated heterocycles. The molecule has 0 bridgehead atoms. The fraction of sp³-hybridized carbons (Fsp3) is 0.538. The molecule has 6 nitrogen and oxygen atoms in total. The van der Waals surface area contributed by atoms with Crippen LogP contribution in [0.3, 0.4) is 0 Å². The SMILES string of the molecule is C.C#CC(C)(C)O.C=C1OC(=O)OC1(C)C.O=C=O. The third-order valence-electron chi connectivity index (χ3n) is 1.57. The van der Waals surface area contributed by atoms with Gasteiger partial charge in [-0.2, -0.15) is 9.59 Å². The lowest BCUT2D eigenvalue weighted by molar-refractivity contribution is -0.191. The molecule has 1 aliphatic heterocycles.